The molecule has 0 aliphatic rings. The van der Waals surface area contributed by atoms with Gasteiger partial charge in [-0.1, -0.05) is 164 Å². The van der Waals surface area contributed by atoms with Crippen LogP contribution in [0.2, 0.25) is 0 Å². The lowest BCUT2D eigenvalue weighted by molar-refractivity contribution is 1.07. The van der Waals surface area contributed by atoms with Gasteiger partial charge in [0, 0.05) is 55.7 Å². The number of para-hydroxylation sites is 1. The van der Waals surface area contributed by atoms with Gasteiger partial charge >= 0.3 is 0 Å². The highest BCUT2D eigenvalue weighted by Gasteiger charge is 2.21. The van der Waals surface area contributed by atoms with Crippen LogP contribution >= 0.6 is 0 Å². The lowest BCUT2D eigenvalue weighted by Gasteiger charge is -2.13. The summed E-state index contributed by atoms with van der Waals surface area (Å²) in [7, 11) is 0. The predicted octanol–water partition coefficient (Wildman–Crippen LogP) is 11.2. The van der Waals surface area contributed by atoms with Gasteiger partial charge < -0.3 is 0 Å². The van der Waals surface area contributed by atoms with Gasteiger partial charge in [-0.05, 0) is 12.1 Å². The molecule has 53 heavy (non-hydrogen) atoms. The normalized spacial score (nSPS) is 11.4. The van der Waals surface area contributed by atoms with Crippen LogP contribution in [0, 0.1) is 0 Å². The molecule has 0 aliphatic carbocycles. The Hall–Kier alpha value is -7.31. The third-order valence-electron chi connectivity index (χ3n) is 9.67. The lowest BCUT2D eigenvalue weighted by atomic mass is 10.00. The van der Waals surface area contributed by atoms with E-state index in [9.17, 15) is 0 Å². The number of nitrogens with zero attached hydrogens (tertiary/aromatic N) is 6. The molecular weight excluding hydrogens is 649 g/mol. The van der Waals surface area contributed by atoms with Crippen molar-refractivity contribution >= 4 is 27.3 Å². The van der Waals surface area contributed by atoms with E-state index >= 15 is 0 Å². The Morgan fingerprint density at radius 3 is 1.36 bits per heavy atom. The van der Waals surface area contributed by atoms with Gasteiger partial charge in [-0.25, -0.2) is 24.9 Å². The van der Waals surface area contributed by atoms with Crippen molar-refractivity contribution in [3.05, 3.63) is 182 Å². The molecule has 0 bridgehead atoms. The molecule has 0 amide bonds. The Labute approximate surface area is 305 Å². The van der Waals surface area contributed by atoms with Gasteiger partial charge in [-0.15, -0.1) is 0 Å². The molecule has 6 nitrogen and oxygen atoms in total. The summed E-state index contributed by atoms with van der Waals surface area (Å²) in [6.45, 7) is 0. The topological polar surface area (TPSA) is 68.9 Å². The van der Waals surface area contributed by atoms with E-state index in [1.165, 1.54) is 0 Å². The van der Waals surface area contributed by atoms with E-state index in [1.54, 1.807) is 0 Å². The summed E-state index contributed by atoms with van der Waals surface area (Å²) in [5.74, 6) is 1.88. The molecule has 0 radical (unpaired) electrons. The molecule has 10 rings (SSSR count). The van der Waals surface area contributed by atoms with E-state index in [-0.39, 0.29) is 0 Å². The quantitative estimate of drug-likeness (QED) is 0.164. The fraction of sp³-hybridized carbons (Fsp3) is 0. The molecular formula is C47H30N6. The second kappa shape index (κ2) is 12.8. The van der Waals surface area contributed by atoms with Gasteiger partial charge in [-0.3, -0.25) is 4.40 Å². The molecule has 0 fully saturated rings. The SMILES string of the molecule is c1ccc(-c2nc(-c3ccccc3)nc(-c3ccc(-c4nc5ccccc5c5c4ccn4c(-c6ccccc6)c(-c6ccccc6)nc54)cc3)n2)cc1. The van der Waals surface area contributed by atoms with Gasteiger partial charge in [0.1, 0.15) is 5.65 Å². The maximum atomic E-state index is 5.41. The standard InChI is InChI=1S/C47H30N6/c1-5-15-31(16-6-1)42-43(33-17-7-2-8-18-33)53-30-29-38-40(47(53)49-42)37-23-13-14-24-39(37)48-41(38)32-25-27-36(28-26-32)46-51-44(34-19-9-3-10-20-34)50-45(52-46)35-21-11-4-12-22-35/h1-30H. The number of aromatic nitrogens is 6. The average Bonchev–Trinajstić information content (AvgIpc) is 3.64. The molecule has 0 saturated carbocycles. The predicted molar refractivity (Wildman–Crippen MR) is 214 cm³/mol. The first kappa shape index (κ1) is 30.5. The van der Waals surface area contributed by atoms with E-state index in [2.05, 4.69) is 108 Å². The summed E-state index contributed by atoms with van der Waals surface area (Å²) >= 11 is 0. The molecule has 4 aromatic heterocycles. The van der Waals surface area contributed by atoms with Crippen LogP contribution < -0.4 is 0 Å². The van der Waals surface area contributed by atoms with Crippen LogP contribution in [0.4, 0.5) is 0 Å². The third-order valence-corrected chi connectivity index (χ3v) is 9.67. The van der Waals surface area contributed by atoms with Gasteiger partial charge in [0.2, 0.25) is 0 Å². The zero-order valence-corrected chi connectivity index (χ0v) is 28.5. The van der Waals surface area contributed by atoms with Gasteiger partial charge in [-0.2, -0.15) is 0 Å². The highest BCUT2D eigenvalue weighted by atomic mass is 15.0. The molecule has 10 aromatic rings. The minimum Gasteiger partial charge on any atom is -0.298 e. The van der Waals surface area contributed by atoms with Crippen LogP contribution in [-0.2, 0) is 0 Å². The van der Waals surface area contributed by atoms with E-state index in [4.69, 9.17) is 24.9 Å². The van der Waals surface area contributed by atoms with E-state index < -0.39 is 0 Å². The summed E-state index contributed by atoms with van der Waals surface area (Å²) in [5.41, 5.74) is 10.6. The fourth-order valence-electron chi connectivity index (χ4n) is 7.14. The monoisotopic (exact) mass is 678 g/mol. The molecule has 0 unspecified atom stereocenters. The maximum Gasteiger partial charge on any atom is 0.164 e. The van der Waals surface area contributed by atoms with Crippen LogP contribution in [0.1, 0.15) is 0 Å². The van der Waals surface area contributed by atoms with Crippen LogP contribution in [0.3, 0.4) is 0 Å². The van der Waals surface area contributed by atoms with Crippen molar-refractivity contribution in [2.24, 2.45) is 0 Å². The Kier molecular flexibility index (Phi) is 7.36. The second-order valence-electron chi connectivity index (χ2n) is 12.9. The van der Waals surface area contributed by atoms with Crippen molar-refractivity contribution in [3.8, 4) is 67.9 Å². The third kappa shape index (κ3) is 5.41. The summed E-state index contributed by atoms with van der Waals surface area (Å²) in [6.07, 6.45) is 2.13. The first-order chi connectivity index (χ1) is 26.3. The van der Waals surface area contributed by atoms with E-state index in [0.717, 1.165) is 77.8 Å². The Balaban J connectivity index is 1.15. The molecule has 0 N–H and O–H groups in total. The number of benzene rings is 6. The fourth-order valence-corrected chi connectivity index (χ4v) is 7.14. The van der Waals surface area contributed by atoms with Crippen molar-refractivity contribution in [2.75, 3.05) is 0 Å². The smallest absolute Gasteiger partial charge is 0.164 e. The maximum absolute atomic E-state index is 5.41. The van der Waals surface area contributed by atoms with Crippen molar-refractivity contribution < 1.29 is 0 Å². The van der Waals surface area contributed by atoms with Gasteiger partial charge in [0.25, 0.3) is 0 Å². The minimum atomic E-state index is 0.613. The number of pyridine rings is 2. The molecule has 6 aromatic carbocycles. The summed E-state index contributed by atoms with van der Waals surface area (Å²) in [5, 5.41) is 3.16. The Bertz CT molecular complexity index is 2850. The van der Waals surface area contributed by atoms with Crippen molar-refractivity contribution in [2.45, 2.75) is 0 Å². The molecule has 4 heterocycles. The Morgan fingerprint density at radius 2 is 0.774 bits per heavy atom. The van der Waals surface area contributed by atoms with Crippen molar-refractivity contribution in [1.29, 1.82) is 0 Å². The average molecular weight is 679 g/mol. The molecule has 248 valence electrons. The number of rotatable bonds is 6. The second-order valence-corrected chi connectivity index (χ2v) is 12.9. The number of fused-ring (bicyclic) bond motifs is 5. The zero-order valence-electron chi connectivity index (χ0n) is 28.5. The first-order valence-corrected chi connectivity index (χ1v) is 17.6. The van der Waals surface area contributed by atoms with Crippen molar-refractivity contribution in [1.82, 2.24) is 29.3 Å². The zero-order chi connectivity index (χ0) is 35.1. The minimum absolute atomic E-state index is 0.613. The van der Waals surface area contributed by atoms with Gasteiger partial charge in [0.15, 0.2) is 17.5 Å². The summed E-state index contributed by atoms with van der Waals surface area (Å²) in [6, 6.07) is 59.9. The molecule has 0 aliphatic heterocycles. The summed E-state index contributed by atoms with van der Waals surface area (Å²) in [4.78, 5) is 25.4. The largest absolute Gasteiger partial charge is 0.298 e. The van der Waals surface area contributed by atoms with Crippen LogP contribution in [0.25, 0.3) is 95.3 Å². The van der Waals surface area contributed by atoms with Crippen LogP contribution in [-0.4, -0.2) is 29.3 Å². The van der Waals surface area contributed by atoms with Crippen LogP contribution in [0.5, 0.6) is 0 Å². The highest BCUT2D eigenvalue weighted by molar-refractivity contribution is 6.17. The van der Waals surface area contributed by atoms with Crippen LogP contribution in [0.15, 0.2) is 182 Å². The first-order valence-electron chi connectivity index (χ1n) is 17.6. The van der Waals surface area contributed by atoms with Crippen molar-refractivity contribution in [3.63, 3.8) is 0 Å². The van der Waals surface area contributed by atoms with Gasteiger partial charge in [0.05, 0.1) is 22.6 Å². The number of hydrogen-bond donors (Lipinski definition) is 0. The molecule has 6 heteroatoms. The highest BCUT2D eigenvalue weighted by Crippen LogP contribution is 2.40. The van der Waals surface area contributed by atoms with E-state index in [0.29, 0.717) is 17.5 Å². The Morgan fingerprint density at radius 1 is 0.321 bits per heavy atom. The number of hydrogen-bond acceptors (Lipinski definition) is 5. The molecule has 0 atom stereocenters. The van der Waals surface area contributed by atoms with E-state index in [1.807, 2.05) is 78.9 Å². The number of imidazole rings is 1. The molecule has 0 spiro atoms. The lowest BCUT2D eigenvalue weighted by Crippen LogP contribution is -2.00. The molecule has 0 saturated heterocycles. The summed E-state index contributed by atoms with van der Waals surface area (Å²) < 4.78 is 2.23.